The molecular formula is C19H27ClN2O2. The van der Waals surface area contributed by atoms with Gasteiger partial charge in [-0.3, -0.25) is 4.79 Å². The largest absolute Gasteiger partial charge is 0.493 e. The van der Waals surface area contributed by atoms with Gasteiger partial charge in [0.05, 0.1) is 6.61 Å². The predicted octanol–water partition coefficient (Wildman–Crippen LogP) is 3.25. The van der Waals surface area contributed by atoms with E-state index in [0.717, 1.165) is 36.7 Å². The Morgan fingerprint density at radius 3 is 2.33 bits per heavy atom. The van der Waals surface area contributed by atoms with Crippen LogP contribution < -0.4 is 10.1 Å². The quantitative estimate of drug-likeness (QED) is 0.886. The zero-order valence-electron chi connectivity index (χ0n) is 14.2. The molecule has 24 heavy (non-hydrogen) atoms. The first-order valence-electron chi connectivity index (χ1n) is 8.95. The molecule has 2 aliphatic heterocycles. The third-order valence-corrected chi connectivity index (χ3v) is 5.60. The van der Waals surface area contributed by atoms with E-state index in [-0.39, 0.29) is 18.3 Å². The Labute approximate surface area is 150 Å². The summed E-state index contributed by atoms with van der Waals surface area (Å²) in [5, 5.41) is 3.63. The minimum absolute atomic E-state index is 0. The molecule has 1 saturated carbocycles. The van der Waals surface area contributed by atoms with Gasteiger partial charge in [-0.05, 0) is 68.7 Å². The van der Waals surface area contributed by atoms with Crippen molar-refractivity contribution in [1.82, 2.24) is 10.2 Å². The van der Waals surface area contributed by atoms with Crippen molar-refractivity contribution in [1.29, 1.82) is 0 Å². The highest BCUT2D eigenvalue weighted by Gasteiger charge is 2.36. The fraction of sp³-hybridized carbons (Fsp3) is 0.632. The molecule has 3 fully saturated rings. The summed E-state index contributed by atoms with van der Waals surface area (Å²) in [6.45, 7) is 0.811. The molecule has 0 aromatic heterocycles. The maximum absolute atomic E-state index is 12.7. The van der Waals surface area contributed by atoms with Gasteiger partial charge >= 0.3 is 0 Å². The molecule has 3 aliphatic rings. The van der Waals surface area contributed by atoms with E-state index in [1.165, 1.54) is 25.7 Å². The minimum atomic E-state index is 0. The van der Waals surface area contributed by atoms with E-state index >= 15 is 0 Å². The molecule has 1 aromatic carbocycles. The summed E-state index contributed by atoms with van der Waals surface area (Å²) in [7, 11) is 1.95. The van der Waals surface area contributed by atoms with E-state index < -0.39 is 0 Å². The van der Waals surface area contributed by atoms with Crippen LogP contribution in [0.1, 0.15) is 48.9 Å². The van der Waals surface area contributed by atoms with Crippen LogP contribution in [0.25, 0.3) is 0 Å². The molecule has 5 heteroatoms. The number of hydrogen-bond acceptors (Lipinski definition) is 3. The van der Waals surface area contributed by atoms with Gasteiger partial charge in [-0.2, -0.15) is 0 Å². The van der Waals surface area contributed by atoms with Crippen molar-refractivity contribution in [3.05, 3.63) is 29.8 Å². The molecule has 2 atom stereocenters. The van der Waals surface area contributed by atoms with Gasteiger partial charge in [-0.15, -0.1) is 12.4 Å². The number of carbonyl (C=O) groups is 1. The number of piperidine rings is 1. The van der Waals surface area contributed by atoms with Gasteiger partial charge in [-0.1, -0.05) is 0 Å². The second-order valence-corrected chi connectivity index (χ2v) is 7.46. The molecule has 132 valence electrons. The van der Waals surface area contributed by atoms with Crippen molar-refractivity contribution < 1.29 is 9.53 Å². The average Bonchev–Trinajstić information content (AvgIpc) is 3.36. The molecule has 2 heterocycles. The van der Waals surface area contributed by atoms with Crippen LogP contribution >= 0.6 is 12.4 Å². The summed E-state index contributed by atoms with van der Waals surface area (Å²) in [5.74, 6) is 1.75. The molecule has 4 rings (SSSR count). The Hall–Kier alpha value is -1.26. The minimum Gasteiger partial charge on any atom is -0.493 e. The van der Waals surface area contributed by atoms with E-state index in [0.29, 0.717) is 18.1 Å². The zero-order valence-corrected chi connectivity index (χ0v) is 15.1. The third-order valence-electron chi connectivity index (χ3n) is 5.60. The molecule has 1 amide bonds. The smallest absolute Gasteiger partial charge is 0.253 e. The number of halogens is 1. The van der Waals surface area contributed by atoms with Crippen molar-refractivity contribution in [2.45, 2.75) is 56.7 Å². The number of benzene rings is 1. The first-order chi connectivity index (χ1) is 11.2. The number of rotatable bonds is 5. The average molecular weight is 351 g/mol. The maximum Gasteiger partial charge on any atom is 0.253 e. The molecule has 4 nitrogen and oxygen atoms in total. The fourth-order valence-corrected chi connectivity index (χ4v) is 3.91. The molecule has 0 radical (unpaired) electrons. The Morgan fingerprint density at radius 1 is 1.12 bits per heavy atom. The lowest BCUT2D eigenvalue weighted by Gasteiger charge is -2.35. The summed E-state index contributed by atoms with van der Waals surface area (Å²) >= 11 is 0. The van der Waals surface area contributed by atoms with Crippen LogP contribution in [0.5, 0.6) is 5.75 Å². The number of amides is 1. The summed E-state index contributed by atoms with van der Waals surface area (Å²) in [5.41, 5.74) is 0.761. The van der Waals surface area contributed by atoms with Crippen LogP contribution in [-0.2, 0) is 0 Å². The van der Waals surface area contributed by atoms with Gasteiger partial charge < -0.3 is 15.0 Å². The molecule has 1 aliphatic carbocycles. The monoisotopic (exact) mass is 350 g/mol. The predicted molar refractivity (Wildman–Crippen MR) is 97.0 cm³/mol. The maximum atomic E-state index is 12.7. The summed E-state index contributed by atoms with van der Waals surface area (Å²) in [6, 6.07) is 9.23. The van der Waals surface area contributed by atoms with Crippen LogP contribution in [0.2, 0.25) is 0 Å². The van der Waals surface area contributed by atoms with E-state index in [1.54, 1.807) is 0 Å². The number of nitrogens with zero attached hydrogens (tertiary/aromatic N) is 1. The summed E-state index contributed by atoms with van der Waals surface area (Å²) < 4.78 is 5.74. The number of hydrogen-bond donors (Lipinski definition) is 1. The van der Waals surface area contributed by atoms with E-state index in [1.807, 2.05) is 36.2 Å². The highest BCUT2D eigenvalue weighted by atomic mass is 35.5. The van der Waals surface area contributed by atoms with Crippen LogP contribution in [0.15, 0.2) is 24.3 Å². The Bertz CT molecular complexity index is 561. The second kappa shape index (κ2) is 7.32. The molecular weight excluding hydrogens is 324 g/mol. The first-order valence-corrected chi connectivity index (χ1v) is 8.95. The van der Waals surface area contributed by atoms with Gasteiger partial charge in [0.15, 0.2) is 0 Å². The van der Waals surface area contributed by atoms with Gasteiger partial charge in [-0.25, -0.2) is 0 Å². The topological polar surface area (TPSA) is 41.6 Å². The summed E-state index contributed by atoms with van der Waals surface area (Å²) in [6.07, 6.45) is 7.27. The number of nitrogens with one attached hydrogen (secondary N) is 1. The molecule has 2 saturated heterocycles. The van der Waals surface area contributed by atoms with Crippen molar-refractivity contribution in [3.63, 3.8) is 0 Å². The molecule has 0 spiro atoms. The van der Waals surface area contributed by atoms with Gasteiger partial charge in [0.25, 0.3) is 5.91 Å². The van der Waals surface area contributed by atoms with E-state index in [4.69, 9.17) is 4.74 Å². The molecule has 2 bridgehead atoms. The standard InChI is InChI=1S/C19H26N2O2.ClH/c1-21(17-10-15-6-7-16(11-17)20-15)19(22)14-4-8-18(9-5-14)23-12-13-2-3-13;/h4-5,8-9,13,15-17,20H,2-3,6-7,10-12H2,1H3;1H. The van der Waals surface area contributed by atoms with Crippen LogP contribution in [-0.4, -0.2) is 42.6 Å². The van der Waals surface area contributed by atoms with Crippen LogP contribution in [0.4, 0.5) is 0 Å². The number of fused-ring (bicyclic) bond motifs is 2. The normalized spacial score (nSPS) is 28.1. The van der Waals surface area contributed by atoms with Crippen molar-refractivity contribution in [2.75, 3.05) is 13.7 Å². The number of ether oxygens (including phenoxy) is 1. The highest BCUT2D eigenvalue weighted by Crippen LogP contribution is 2.31. The summed E-state index contributed by atoms with van der Waals surface area (Å²) in [4.78, 5) is 14.7. The van der Waals surface area contributed by atoms with Gasteiger partial charge in [0, 0.05) is 30.7 Å². The van der Waals surface area contributed by atoms with Gasteiger partial charge in [0.1, 0.15) is 5.75 Å². The van der Waals surface area contributed by atoms with E-state index in [9.17, 15) is 4.79 Å². The first kappa shape index (κ1) is 17.6. The zero-order chi connectivity index (χ0) is 15.8. The number of carbonyl (C=O) groups excluding carboxylic acids is 1. The molecule has 2 unspecified atom stereocenters. The van der Waals surface area contributed by atoms with Gasteiger partial charge in [0.2, 0.25) is 0 Å². The lowest BCUT2D eigenvalue weighted by atomic mass is 9.98. The van der Waals surface area contributed by atoms with Crippen molar-refractivity contribution >= 4 is 18.3 Å². The lowest BCUT2D eigenvalue weighted by Crippen LogP contribution is -2.48. The second-order valence-electron chi connectivity index (χ2n) is 7.46. The lowest BCUT2D eigenvalue weighted by molar-refractivity contribution is 0.0681. The highest BCUT2D eigenvalue weighted by molar-refractivity contribution is 5.94. The van der Waals surface area contributed by atoms with Crippen LogP contribution in [0, 0.1) is 5.92 Å². The third kappa shape index (κ3) is 3.86. The Morgan fingerprint density at radius 2 is 1.75 bits per heavy atom. The fourth-order valence-electron chi connectivity index (χ4n) is 3.91. The Kier molecular flexibility index (Phi) is 5.36. The SMILES string of the molecule is CN(C(=O)c1ccc(OCC2CC2)cc1)C1CC2CCC(C1)N2.Cl. The van der Waals surface area contributed by atoms with Crippen molar-refractivity contribution in [3.8, 4) is 5.75 Å². The molecule has 1 aromatic rings. The van der Waals surface area contributed by atoms with E-state index in [2.05, 4.69) is 5.32 Å². The van der Waals surface area contributed by atoms with Crippen LogP contribution in [0.3, 0.4) is 0 Å². The Balaban J connectivity index is 0.00000169. The van der Waals surface area contributed by atoms with Crippen molar-refractivity contribution in [2.24, 2.45) is 5.92 Å². The molecule has 1 N–H and O–H groups in total.